The highest BCUT2D eigenvalue weighted by Gasteiger charge is 2.13. The number of halogens is 1. The van der Waals surface area contributed by atoms with Crippen LogP contribution in [0.4, 0.5) is 10.4 Å². The van der Waals surface area contributed by atoms with E-state index in [4.69, 9.17) is 9.15 Å². The molecule has 0 unspecified atom stereocenters. The lowest BCUT2D eigenvalue weighted by atomic mass is 10.1. The molecule has 0 spiro atoms. The smallest absolute Gasteiger partial charge is 0.322 e. The fourth-order valence-corrected chi connectivity index (χ4v) is 2.57. The van der Waals surface area contributed by atoms with Gasteiger partial charge in [-0.25, -0.2) is 4.39 Å². The van der Waals surface area contributed by atoms with E-state index >= 15 is 0 Å². The summed E-state index contributed by atoms with van der Waals surface area (Å²) < 4.78 is 24.1. The number of fused-ring (bicyclic) bond motifs is 1. The highest BCUT2D eigenvalue weighted by Crippen LogP contribution is 2.24. The van der Waals surface area contributed by atoms with Gasteiger partial charge in [0, 0.05) is 5.56 Å². The molecule has 1 amide bonds. The number of nitrogens with one attached hydrogen (secondary N) is 1. The van der Waals surface area contributed by atoms with Crippen molar-refractivity contribution in [1.82, 2.24) is 10.2 Å². The zero-order valence-electron chi connectivity index (χ0n) is 14.1. The Morgan fingerprint density at radius 2 is 1.78 bits per heavy atom. The predicted molar refractivity (Wildman–Crippen MR) is 97.8 cm³/mol. The van der Waals surface area contributed by atoms with E-state index in [2.05, 4.69) is 15.5 Å². The van der Waals surface area contributed by atoms with Crippen molar-refractivity contribution in [1.29, 1.82) is 0 Å². The van der Waals surface area contributed by atoms with Crippen LogP contribution in [0.15, 0.2) is 71.1 Å². The van der Waals surface area contributed by atoms with Gasteiger partial charge in [0.05, 0.1) is 0 Å². The fourth-order valence-electron chi connectivity index (χ4n) is 2.57. The summed E-state index contributed by atoms with van der Waals surface area (Å²) in [6.45, 7) is -0.380. The van der Waals surface area contributed by atoms with E-state index < -0.39 is 11.7 Å². The van der Waals surface area contributed by atoms with E-state index in [0.717, 1.165) is 16.3 Å². The van der Waals surface area contributed by atoms with Gasteiger partial charge in [0.25, 0.3) is 5.91 Å². The molecule has 0 saturated carbocycles. The summed E-state index contributed by atoms with van der Waals surface area (Å²) in [6.07, 6.45) is 0. The quantitative estimate of drug-likeness (QED) is 0.579. The third-order valence-corrected chi connectivity index (χ3v) is 3.86. The van der Waals surface area contributed by atoms with Crippen LogP contribution in [0, 0.1) is 5.82 Å². The number of hydrogen-bond donors (Lipinski definition) is 1. The zero-order valence-corrected chi connectivity index (χ0v) is 14.1. The molecule has 0 aliphatic heterocycles. The summed E-state index contributed by atoms with van der Waals surface area (Å²) in [5.74, 6) is -0.797. The van der Waals surface area contributed by atoms with Crippen molar-refractivity contribution in [2.24, 2.45) is 0 Å². The van der Waals surface area contributed by atoms with Gasteiger partial charge in [-0.2, -0.15) is 0 Å². The fraction of sp³-hybridized carbons (Fsp3) is 0.0500. The summed E-state index contributed by atoms with van der Waals surface area (Å²) in [5.41, 5.74) is 0.740. The lowest BCUT2D eigenvalue weighted by Gasteiger charge is -2.05. The molecule has 0 fully saturated rings. The SMILES string of the molecule is O=C(COc1ccccc1F)Nc1nnc(-c2ccc3ccccc3c2)o1. The van der Waals surface area contributed by atoms with Crippen LogP contribution in [-0.2, 0) is 4.79 Å². The maximum atomic E-state index is 13.5. The molecule has 1 heterocycles. The molecule has 4 rings (SSSR count). The minimum atomic E-state index is -0.540. The van der Waals surface area contributed by atoms with Crippen molar-refractivity contribution in [2.75, 3.05) is 11.9 Å². The van der Waals surface area contributed by atoms with Crippen LogP contribution in [0.5, 0.6) is 5.75 Å². The van der Waals surface area contributed by atoms with Crippen molar-refractivity contribution >= 4 is 22.7 Å². The van der Waals surface area contributed by atoms with Gasteiger partial charge in [-0.1, -0.05) is 47.6 Å². The molecular weight excluding hydrogens is 349 g/mol. The van der Waals surface area contributed by atoms with E-state index in [1.807, 2.05) is 42.5 Å². The van der Waals surface area contributed by atoms with Gasteiger partial charge in [0.2, 0.25) is 5.89 Å². The monoisotopic (exact) mass is 363 g/mol. The van der Waals surface area contributed by atoms with Gasteiger partial charge < -0.3 is 9.15 Å². The van der Waals surface area contributed by atoms with E-state index in [1.165, 1.54) is 18.2 Å². The molecule has 0 saturated heterocycles. The van der Waals surface area contributed by atoms with Crippen LogP contribution in [-0.4, -0.2) is 22.7 Å². The minimum Gasteiger partial charge on any atom is -0.481 e. The molecule has 0 radical (unpaired) electrons. The Hall–Kier alpha value is -3.74. The lowest BCUT2D eigenvalue weighted by molar-refractivity contribution is -0.118. The van der Waals surface area contributed by atoms with Crippen molar-refractivity contribution in [2.45, 2.75) is 0 Å². The van der Waals surface area contributed by atoms with Crippen LogP contribution in [0.2, 0.25) is 0 Å². The molecular formula is C20H14FN3O3. The normalized spacial score (nSPS) is 10.7. The number of aromatic nitrogens is 2. The van der Waals surface area contributed by atoms with Gasteiger partial charge in [0.15, 0.2) is 18.2 Å². The van der Waals surface area contributed by atoms with Gasteiger partial charge >= 0.3 is 6.01 Å². The first-order valence-electron chi connectivity index (χ1n) is 8.19. The molecule has 0 atom stereocenters. The number of para-hydroxylation sites is 1. The number of benzene rings is 3. The minimum absolute atomic E-state index is 0.00460. The van der Waals surface area contributed by atoms with Crippen LogP contribution < -0.4 is 10.1 Å². The number of carbonyl (C=O) groups excluding carboxylic acids is 1. The van der Waals surface area contributed by atoms with E-state index in [1.54, 1.807) is 6.07 Å². The molecule has 0 bridgehead atoms. The van der Waals surface area contributed by atoms with Crippen LogP contribution in [0.25, 0.3) is 22.2 Å². The Morgan fingerprint density at radius 3 is 2.63 bits per heavy atom. The number of hydrogen-bond acceptors (Lipinski definition) is 5. The average molecular weight is 363 g/mol. The number of nitrogens with zero attached hydrogens (tertiary/aromatic N) is 2. The molecule has 134 valence electrons. The molecule has 4 aromatic rings. The number of anilines is 1. The number of rotatable bonds is 5. The van der Waals surface area contributed by atoms with Crippen LogP contribution in [0.1, 0.15) is 0 Å². The van der Waals surface area contributed by atoms with Crippen molar-refractivity contribution in [3.63, 3.8) is 0 Å². The van der Waals surface area contributed by atoms with Gasteiger partial charge in [-0.3, -0.25) is 10.1 Å². The molecule has 6 nitrogen and oxygen atoms in total. The second kappa shape index (κ2) is 7.25. The Kier molecular flexibility index (Phi) is 4.49. The van der Waals surface area contributed by atoms with Crippen molar-refractivity contribution in [3.05, 3.63) is 72.5 Å². The summed E-state index contributed by atoms with van der Waals surface area (Å²) in [7, 11) is 0. The molecule has 1 N–H and O–H groups in total. The van der Waals surface area contributed by atoms with Gasteiger partial charge in [-0.15, -0.1) is 5.10 Å². The summed E-state index contributed by atoms with van der Waals surface area (Å²) >= 11 is 0. The lowest BCUT2D eigenvalue weighted by Crippen LogP contribution is -2.20. The van der Waals surface area contributed by atoms with Crippen molar-refractivity contribution < 1.29 is 18.3 Å². The molecule has 1 aromatic heterocycles. The topological polar surface area (TPSA) is 77.2 Å². The maximum absolute atomic E-state index is 13.5. The Bertz CT molecular complexity index is 1110. The third kappa shape index (κ3) is 3.77. The molecule has 0 aliphatic rings. The van der Waals surface area contributed by atoms with Crippen molar-refractivity contribution in [3.8, 4) is 17.2 Å². The Balaban J connectivity index is 1.42. The van der Waals surface area contributed by atoms with E-state index in [0.29, 0.717) is 0 Å². The third-order valence-electron chi connectivity index (χ3n) is 3.86. The summed E-state index contributed by atoms with van der Waals surface area (Å²) in [6, 6.07) is 19.4. The maximum Gasteiger partial charge on any atom is 0.322 e. The largest absolute Gasteiger partial charge is 0.481 e. The summed E-state index contributed by atoms with van der Waals surface area (Å²) in [5, 5.41) is 12.3. The Labute approximate surface area is 153 Å². The number of amides is 1. The highest BCUT2D eigenvalue weighted by molar-refractivity contribution is 5.90. The van der Waals surface area contributed by atoms with Crippen LogP contribution >= 0.6 is 0 Å². The average Bonchev–Trinajstić information content (AvgIpc) is 3.15. The first-order valence-corrected chi connectivity index (χ1v) is 8.19. The standard InChI is InChI=1S/C20H14FN3O3/c21-16-7-3-4-8-17(16)26-12-18(25)22-20-24-23-19(27-20)15-10-9-13-5-1-2-6-14(13)11-15/h1-11H,12H2,(H,22,24,25). The Morgan fingerprint density at radius 1 is 1.00 bits per heavy atom. The van der Waals surface area contributed by atoms with Gasteiger partial charge in [-0.05, 0) is 35.0 Å². The molecule has 7 heteroatoms. The first kappa shape index (κ1) is 16.7. The molecule has 3 aromatic carbocycles. The number of carbonyl (C=O) groups is 1. The second-order valence-corrected chi connectivity index (χ2v) is 5.74. The number of ether oxygens (including phenoxy) is 1. The first-order chi connectivity index (χ1) is 13.2. The molecule has 27 heavy (non-hydrogen) atoms. The van der Waals surface area contributed by atoms with Gasteiger partial charge in [0.1, 0.15) is 0 Å². The summed E-state index contributed by atoms with van der Waals surface area (Å²) in [4.78, 5) is 11.9. The molecule has 0 aliphatic carbocycles. The van der Waals surface area contributed by atoms with Crippen LogP contribution in [0.3, 0.4) is 0 Å². The van der Waals surface area contributed by atoms with E-state index in [-0.39, 0.29) is 24.3 Å². The second-order valence-electron chi connectivity index (χ2n) is 5.74. The highest BCUT2D eigenvalue weighted by atomic mass is 19.1. The zero-order chi connectivity index (χ0) is 18.6. The van der Waals surface area contributed by atoms with E-state index in [9.17, 15) is 9.18 Å². The predicted octanol–water partition coefficient (Wildman–Crippen LogP) is 4.05.